The first-order valence-electron chi connectivity index (χ1n) is 26.8. The summed E-state index contributed by atoms with van der Waals surface area (Å²) in [5, 5.41) is 3.05. The molecule has 12 nitrogen and oxygen atoms in total. The normalized spacial score (nSPS) is 13.4. The first-order valence-corrected chi connectivity index (χ1v) is 28.2. The molecule has 0 fully saturated rings. The molecular weight excluding hydrogens is 899 g/mol. The van der Waals surface area contributed by atoms with Gasteiger partial charge in [0.25, 0.3) is 15.9 Å². The van der Waals surface area contributed by atoms with E-state index in [1.165, 1.54) is 151 Å². The Morgan fingerprint density at radius 3 is 1.76 bits per heavy atom. The van der Waals surface area contributed by atoms with Gasteiger partial charge in [0.15, 0.2) is 34.8 Å². The molecule has 1 aliphatic rings. The number of para-hydroxylation sites is 3. The highest BCUT2D eigenvalue weighted by Crippen LogP contribution is 2.39. The van der Waals surface area contributed by atoms with Crippen LogP contribution in [0, 0.1) is 6.92 Å². The zero-order valence-electron chi connectivity index (χ0n) is 42.9. The molecule has 0 saturated carbocycles. The Bertz CT molecular complexity index is 2310. The molecule has 13 heteroatoms. The van der Waals surface area contributed by atoms with E-state index in [2.05, 4.69) is 24.1 Å². The number of aryl methyl sites for hydroxylation is 1. The molecule has 1 amide bonds. The van der Waals surface area contributed by atoms with Crippen LogP contribution in [0.5, 0.6) is 17.2 Å². The van der Waals surface area contributed by atoms with Gasteiger partial charge in [-0.3, -0.25) is 9.10 Å². The Hall–Kier alpha value is -5.17. The van der Waals surface area contributed by atoms with E-state index in [-0.39, 0.29) is 28.7 Å². The van der Waals surface area contributed by atoms with E-state index in [0.29, 0.717) is 36.0 Å². The second-order valence-corrected chi connectivity index (χ2v) is 20.8. The number of fused-ring (bicyclic) bond motifs is 1. The lowest BCUT2D eigenvalue weighted by Gasteiger charge is -2.33. The van der Waals surface area contributed by atoms with Crippen molar-refractivity contribution >= 4 is 39.1 Å². The third-order valence-corrected chi connectivity index (χ3v) is 15.0. The molecule has 0 spiro atoms. The second-order valence-electron chi connectivity index (χ2n) is 19.0. The number of nitrogens with zero attached hydrogens (tertiary/aromatic N) is 4. The summed E-state index contributed by atoms with van der Waals surface area (Å²) in [6.45, 7) is 7.09. The van der Waals surface area contributed by atoms with Crippen LogP contribution < -0.4 is 14.8 Å². The number of carbonyl (C=O) groups is 2. The molecule has 3 aromatic carbocycles. The molecule has 70 heavy (non-hydrogen) atoms. The molecule has 4 aromatic rings. The summed E-state index contributed by atoms with van der Waals surface area (Å²) in [4.78, 5) is 36.9. The number of unbranched alkanes of at least 4 members (excludes halogenated alkanes) is 24. The number of ether oxygens (including phenoxy) is 3. The van der Waals surface area contributed by atoms with Gasteiger partial charge in [-0.1, -0.05) is 198 Å². The second kappa shape index (κ2) is 31.2. The number of benzene rings is 3. The van der Waals surface area contributed by atoms with E-state index < -0.39 is 27.9 Å². The summed E-state index contributed by atoms with van der Waals surface area (Å²) in [5.74, 6) is 0.129. The highest BCUT2D eigenvalue weighted by molar-refractivity contribution is 7.90. The van der Waals surface area contributed by atoms with Gasteiger partial charge in [0, 0.05) is 12.7 Å². The number of methoxy groups -OCH3 is 1. The van der Waals surface area contributed by atoms with Crippen LogP contribution in [0.3, 0.4) is 0 Å². The number of hydrogen-bond acceptors (Lipinski definition) is 9. The van der Waals surface area contributed by atoms with Crippen molar-refractivity contribution in [1.29, 1.82) is 0 Å². The van der Waals surface area contributed by atoms with Crippen molar-refractivity contribution in [2.75, 3.05) is 25.6 Å². The van der Waals surface area contributed by atoms with E-state index in [1.807, 2.05) is 37.3 Å². The van der Waals surface area contributed by atoms with E-state index in [1.54, 1.807) is 36.4 Å². The van der Waals surface area contributed by atoms with Crippen molar-refractivity contribution in [1.82, 2.24) is 13.9 Å². The molecule has 1 N–H and O–H groups in total. The summed E-state index contributed by atoms with van der Waals surface area (Å²) in [5.41, 5.74) is 1.40. The zero-order chi connectivity index (χ0) is 49.8. The van der Waals surface area contributed by atoms with Crippen LogP contribution >= 0.6 is 0 Å². The fraction of sp³-hybridized carbons (Fsp3) is 0.579. The number of nitrogens with one attached hydrogen (secondary N) is 1. The van der Waals surface area contributed by atoms with Gasteiger partial charge in [-0.15, -0.1) is 0 Å². The Kier molecular flexibility index (Phi) is 24.9. The number of anilines is 1. The fourth-order valence-corrected chi connectivity index (χ4v) is 10.7. The van der Waals surface area contributed by atoms with E-state index in [9.17, 15) is 13.2 Å². The van der Waals surface area contributed by atoms with Crippen molar-refractivity contribution in [2.45, 2.75) is 199 Å². The third-order valence-electron chi connectivity index (χ3n) is 13.1. The van der Waals surface area contributed by atoms with Gasteiger partial charge in [-0.05, 0) is 61.7 Å². The van der Waals surface area contributed by atoms with Crippen molar-refractivity contribution in [2.24, 2.45) is 4.99 Å². The maximum atomic E-state index is 15.0. The minimum atomic E-state index is -4.15. The number of hydrogen-bond donors (Lipinski definition) is 1. The largest absolute Gasteiger partial charge is 0.490 e. The molecular formula is C57H83N5O7S. The number of carbonyl (C=O) groups excluding carboxylic acids is 2. The minimum absolute atomic E-state index is 0.00758. The first-order chi connectivity index (χ1) is 34.2. The quantitative estimate of drug-likeness (QED) is 0.0351. The average Bonchev–Trinajstić information content (AvgIpc) is 3.84. The molecule has 1 unspecified atom stereocenters. The molecule has 0 radical (unpaired) electrons. The van der Waals surface area contributed by atoms with Crippen LogP contribution in [0.4, 0.5) is 11.4 Å². The minimum Gasteiger partial charge on any atom is -0.490 e. The number of amides is 1. The number of sulfonamides is 1. The van der Waals surface area contributed by atoms with Gasteiger partial charge >= 0.3 is 5.97 Å². The maximum Gasteiger partial charge on any atom is 0.358 e. The van der Waals surface area contributed by atoms with Gasteiger partial charge < -0.3 is 24.1 Å². The molecule has 0 saturated heterocycles. The molecule has 1 atom stereocenters. The smallest absolute Gasteiger partial charge is 0.358 e. The lowest BCUT2D eigenvalue weighted by molar-refractivity contribution is -0.117. The summed E-state index contributed by atoms with van der Waals surface area (Å²) in [6.07, 6.45) is 34.2. The molecule has 1 aliphatic heterocycles. The van der Waals surface area contributed by atoms with Crippen molar-refractivity contribution in [3.8, 4) is 17.2 Å². The number of aromatic nitrogens is 2. The number of aliphatic imine (C=N–C) groups is 1. The van der Waals surface area contributed by atoms with Gasteiger partial charge in [-0.2, -0.15) is 0 Å². The fourth-order valence-electron chi connectivity index (χ4n) is 9.07. The topological polar surface area (TPSA) is 141 Å². The Morgan fingerprint density at radius 2 is 1.17 bits per heavy atom. The monoisotopic (exact) mass is 982 g/mol. The molecule has 384 valence electrons. The standard InChI is InChI=1S/C57H83N5O7S/c1-5-7-9-11-13-15-17-18-19-20-21-22-23-25-27-33-41-62-55(59-47-35-29-32-38-53(47)70(62,65)66)54(61-44-49(58-45-61)57(64)67-4)56(63)60-48-43-46(3)39-40-50(48)69-52-37-31-30-36-51(52)68-42-34-28-26-24-16-14-12-10-8-6-2/h29-32,35-40,43-45,54H,5-28,33-34,41-42H2,1-4H3,(H,60,63). The van der Waals surface area contributed by atoms with Crippen LogP contribution in [-0.2, 0) is 19.6 Å². The molecule has 0 aliphatic carbocycles. The first kappa shape index (κ1) is 55.8. The van der Waals surface area contributed by atoms with Crippen LogP contribution in [0.2, 0.25) is 0 Å². The average molecular weight is 982 g/mol. The lowest BCUT2D eigenvalue weighted by Crippen LogP contribution is -2.47. The van der Waals surface area contributed by atoms with Crippen LogP contribution in [0.15, 0.2) is 89.1 Å². The summed E-state index contributed by atoms with van der Waals surface area (Å²) in [6, 6.07) is 18.1. The zero-order valence-corrected chi connectivity index (χ0v) is 43.8. The Morgan fingerprint density at radius 1 is 0.643 bits per heavy atom. The number of esters is 1. The Balaban J connectivity index is 1.27. The van der Waals surface area contributed by atoms with E-state index >= 15 is 4.79 Å². The van der Waals surface area contributed by atoms with E-state index in [0.717, 1.165) is 44.1 Å². The number of rotatable bonds is 36. The van der Waals surface area contributed by atoms with Crippen LogP contribution in [0.25, 0.3) is 0 Å². The third kappa shape index (κ3) is 17.9. The summed E-state index contributed by atoms with van der Waals surface area (Å²) < 4.78 is 49.6. The van der Waals surface area contributed by atoms with Gasteiger partial charge in [-0.25, -0.2) is 23.2 Å². The lowest BCUT2D eigenvalue weighted by atomic mass is 10.0. The summed E-state index contributed by atoms with van der Waals surface area (Å²) >= 11 is 0. The van der Waals surface area contributed by atoms with Crippen LogP contribution in [0.1, 0.15) is 203 Å². The van der Waals surface area contributed by atoms with Crippen molar-refractivity contribution in [3.05, 3.63) is 90.5 Å². The molecule has 2 heterocycles. The highest BCUT2D eigenvalue weighted by Gasteiger charge is 2.41. The van der Waals surface area contributed by atoms with Gasteiger partial charge in [0.2, 0.25) is 0 Å². The predicted octanol–water partition coefficient (Wildman–Crippen LogP) is 15.2. The van der Waals surface area contributed by atoms with Gasteiger partial charge in [0.1, 0.15) is 4.90 Å². The Labute approximate surface area is 420 Å². The molecule has 0 bridgehead atoms. The van der Waals surface area contributed by atoms with Crippen molar-refractivity contribution < 1.29 is 32.2 Å². The van der Waals surface area contributed by atoms with E-state index in [4.69, 9.17) is 19.2 Å². The van der Waals surface area contributed by atoms with Crippen molar-refractivity contribution in [3.63, 3.8) is 0 Å². The number of imidazole rings is 1. The van der Waals surface area contributed by atoms with Crippen LogP contribution in [-0.4, -0.2) is 60.2 Å². The maximum absolute atomic E-state index is 15.0. The number of amidine groups is 1. The predicted molar refractivity (Wildman–Crippen MR) is 283 cm³/mol. The molecule has 5 rings (SSSR count). The van der Waals surface area contributed by atoms with Gasteiger partial charge in [0.05, 0.1) is 31.4 Å². The highest BCUT2D eigenvalue weighted by atomic mass is 32.2. The molecule has 1 aromatic heterocycles. The summed E-state index contributed by atoms with van der Waals surface area (Å²) in [7, 11) is -2.90. The SMILES string of the molecule is CCCCCCCCCCCCCCCCCCN1C(C(C(=O)Nc2cc(C)ccc2Oc2ccccc2OCCCCCCCCCCCC)n2cnc(C(=O)OC)c2)=Nc2ccccc2S1(=O)=O.